The van der Waals surface area contributed by atoms with Gasteiger partial charge in [-0.05, 0) is 31.7 Å². The van der Waals surface area contributed by atoms with Crippen LogP contribution in [0.15, 0.2) is 6.07 Å². The van der Waals surface area contributed by atoms with Crippen LogP contribution in [0.4, 0.5) is 0 Å². The number of benzene rings is 1. The van der Waals surface area contributed by atoms with Gasteiger partial charge in [0, 0.05) is 16.7 Å². The van der Waals surface area contributed by atoms with E-state index in [4.69, 9.17) is 9.84 Å². The summed E-state index contributed by atoms with van der Waals surface area (Å²) in [6.07, 6.45) is 4.07. The highest BCUT2D eigenvalue weighted by atomic mass is 16.5. The summed E-state index contributed by atoms with van der Waals surface area (Å²) < 4.78 is 5.29. The van der Waals surface area contributed by atoms with E-state index in [2.05, 4.69) is 0 Å². The Balaban J connectivity index is 2.58. The molecule has 0 amide bonds. The predicted molar refractivity (Wildman–Crippen MR) is 57.2 cm³/mol. The van der Waals surface area contributed by atoms with Gasteiger partial charge < -0.3 is 14.9 Å². The lowest BCUT2D eigenvalue weighted by Crippen LogP contribution is -2.07. The summed E-state index contributed by atoms with van der Waals surface area (Å²) >= 11 is 0. The van der Waals surface area contributed by atoms with Crippen LogP contribution in [0.5, 0.6) is 11.5 Å². The number of aliphatic hydroxyl groups excluding tert-OH is 1. The number of phenols is 1. The SMILES string of the molecule is COc1cc(CO)c(O)c2c1CCCC2. The quantitative estimate of drug-likeness (QED) is 0.778. The lowest BCUT2D eigenvalue weighted by Gasteiger charge is -2.21. The second kappa shape index (κ2) is 4.11. The van der Waals surface area contributed by atoms with Crippen molar-refractivity contribution in [3.63, 3.8) is 0 Å². The summed E-state index contributed by atoms with van der Waals surface area (Å²) in [5.74, 6) is 1.06. The molecular weight excluding hydrogens is 192 g/mol. The molecule has 0 atom stereocenters. The fourth-order valence-electron chi connectivity index (χ4n) is 2.25. The standard InChI is InChI=1S/C12H16O3/c1-15-11-6-8(7-13)12(14)10-5-3-2-4-9(10)11/h6,13-14H,2-5,7H2,1H3. The molecule has 0 fully saturated rings. The summed E-state index contributed by atoms with van der Waals surface area (Å²) in [6, 6.07) is 1.74. The van der Waals surface area contributed by atoms with Crippen LogP contribution in [0.3, 0.4) is 0 Å². The molecule has 2 N–H and O–H groups in total. The van der Waals surface area contributed by atoms with Crippen LogP contribution >= 0.6 is 0 Å². The monoisotopic (exact) mass is 208 g/mol. The van der Waals surface area contributed by atoms with Gasteiger partial charge in [0.05, 0.1) is 13.7 Å². The third kappa shape index (κ3) is 1.67. The Hall–Kier alpha value is -1.22. The second-order valence-electron chi connectivity index (χ2n) is 3.91. The topological polar surface area (TPSA) is 49.7 Å². The van der Waals surface area contributed by atoms with Gasteiger partial charge in [0.1, 0.15) is 11.5 Å². The molecule has 3 nitrogen and oxygen atoms in total. The molecule has 0 aromatic heterocycles. The van der Waals surface area contributed by atoms with Crippen LogP contribution in [-0.4, -0.2) is 17.3 Å². The van der Waals surface area contributed by atoms with Crippen molar-refractivity contribution in [2.24, 2.45) is 0 Å². The van der Waals surface area contributed by atoms with Gasteiger partial charge in [-0.15, -0.1) is 0 Å². The second-order valence-corrected chi connectivity index (χ2v) is 3.91. The third-order valence-electron chi connectivity index (χ3n) is 3.05. The number of aliphatic hydroxyl groups is 1. The zero-order valence-electron chi connectivity index (χ0n) is 8.92. The first-order valence-electron chi connectivity index (χ1n) is 5.29. The molecule has 15 heavy (non-hydrogen) atoms. The summed E-state index contributed by atoms with van der Waals surface area (Å²) in [6.45, 7) is -0.143. The Morgan fingerprint density at radius 3 is 2.53 bits per heavy atom. The molecular formula is C12H16O3. The Kier molecular flexibility index (Phi) is 2.82. The van der Waals surface area contributed by atoms with E-state index in [9.17, 15) is 5.11 Å². The van der Waals surface area contributed by atoms with Gasteiger partial charge in [-0.3, -0.25) is 0 Å². The molecule has 82 valence electrons. The molecule has 0 radical (unpaired) electrons. The zero-order valence-corrected chi connectivity index (χ0v) is 8.92. The van der Waals surface area contributed by atoms with E-state index >= 15 is 0 Å². The molecule has 1 aliphatic rings. The Morgan fingerprint density at radius 1 is 1.27 bits per heavy atom. The highest BCUT2D eigenvalue weighted by Gasteiger charge is 2.20. The number of rotatable bonds is 2. The Morgan fingerprint density at radius 2 is 1.93 bits per heavy atom. The molecule has 1 aliphatic carbocycles. The van der Waals surface area contributed by atoms with Gasteiger partial charge in [0.2, 0.25) is 0 Å². The Labute approximate surface area is 89.3 Å². The molecule has 0 heterocycles. The van der Waals surface area contributed by atoms with Gasteiger partial charge in [-0.2, -0.15) is 0 Å². The fourth-order valence-corrected chi connectivity index (χ4v) is 2.25. The lowest BCUT2D eigenvalue weighted by molar-refractivity contribution is 0.273. The molecule has 1 aromatic rings. The minimum absolute atomic E-state index is 0.143. The minimum Gasteiger partial charge on any atom is -0.507 e. The zero-order chi connectivity index (χ0) is 10.8. The van der Waals surface area contributed by atoms with E-state index in [0.29, 0.717) is 5.56 Å². The predicted octanol–water partition coefficient (Wildman–Crippen LogP) is 1.77. The van der Waals surface area contributed by atoms with Gasteiger partial charge in [0.15, 0.2) is 0 Å². The number of hydrogen-bond donors (Lipinski definition) is 2. The summed E-state index contributed by atoms with van der Waals surface area (Å²) in [5, 5.41) is 19.1. The van der Waals surface area contributed by atoms with Crippen LogP contribution in [0.25, 0.3) is 0 Å². The number of methoxy groups -OCH3 is 1. The smallest absolute Gasteiger partial charge is 0.124 e. The van der Waals surface area contributed by atoms with Crippen molar-refractivity contribution in [1.82, 2.24) is 0 Å². The third-order valence-corrected chi connectivity index (χ3v) is 3.05. The highest BCUT2D eigenvalue weighted by Crippen LogP contribution is 2.38. The van der Waals surface area contributed by atoms with Crippen LogP contribution in [0.1, 0.15) is 29.5 Å². The van der Waals surface area contributed by atoms with E-state index in [-0.39, 0.29) is 12.4 Å². The molecule has 0 bridgehead atoms. The van der Waals surface area contributed by atoms with Gasteiger partial charge in [-0.25, -0.2) is 0 Å². The summed E-state index contributed by atoms with van der Waals surface area (Å²) in [5.41, 5.74) is 2.63. The number of aromatic hydroxyl groups is 1. The van der Waals surface area contributed by atoms with Crippen molar-refractivity contribution < 1.29 is 14.9 Å². The van der Waals surface area contributed by atoms with E-state index in [1.807, 2.05) is 0 Å². The van der Waals surface area contributed by atoms with E-state index < -0.39 is 0 Å². The first-order chi connectivity index (χ1) is 7.27. The fraction of sp³-hybridized carbons (Fsp3) is 0.500. The number of hydrogen-bond acceptors (Lipinski definition) is 3. The number of fused-ring (bicyclic) bond motifs is 1. The maximum Gasteiger partial charge on any atom is 0.124 e. The molecule has 0 saturated heterocycles. The van der Waals surface area contributed by atoms with Gasteiger partial charge in [-0.1, -0.05) is 0 Å². The summed E-state index contributed by atoms with van der Waals surface area (Å²) in [4.78, 5) is 0. The molecule has 0 spiro atoms. The van der Waals surface area contributed by atoms with E-state index in [1.165, 1.54) is 0 Å². The van der Waals surface area contributed by atoms with Crippen molar-refractivity contribution >= 4 is 0 Å². The van der Waals surface area contributed by atoms with Gasteiger partial charge >= 0.3 is 0 Å². The van der Waals surface area contributed by atoms with Gasteiger partial charge in [0.25, 0.3) is 0 Å². The molecule has 0 saturated carbocycles. The maximum atomic E-state index is 9.94. The average Bonchev–Trinajstić information content (AvgIpc) is 2.30. The van der Waals surface area contributed by atoms with Crippen LogP contribution in [-0.2, 0) is 19.4 Å². The first kappa shape index (κ1) is 10.3. The van der Waals surface area contributed by atoms with Crippen molar-refractivity contribution in [2.75, 3.05) is 7.11 Å². The molecule has 2 rings (SSSR count). The highest BCUT2D eigenvalue weighted by molar-refractivity contribution is 5.53. The van der Waals surface area contributed by atoms with Crippen molar-refractivity contribution in [3.8, 4) is 11.5 Å². The van der Waals surface area contributed by atoms with Crippen molar-refractivity contribution in [3.05, 3.63) is 22.8 Å². The van der Waals surface area contributed by atoms with Crippen LogP contribution in [0, 0.1) is 0 Å². The van der Waals surface area contributed by atoms with Crippen molar-refractivity contribution in [2.45, 2.75) is 32.3 Å². The van der Waals surface area contributed by atoms with Crippen LogP contribution < -0.4 is 4.74 Å². The first-order valence-corrected chi connectivity index (χ1v) is 5.29. The van der Waals surface area contributed by atoms with E-state index in [0.717, 1.165) is 42.6 Å². The Bertz CT molecular complexity index is 372. The normalized spacial score (nSPS) is 14.8. The lowest BCUT2D eigenvalue weighted by atomic mass is 9.88. The average molecular weight is 208 g/mol. The maximum absolute atomic E-state index is 9.94. The summed E-state index contributed by atoms with van der Waals surface area (Å²) in [7, 11) is 1.63. The molecule has 0 unspecified atom stereocenters. The molecule has 1 aromatic carbocycles. The van der Waals surface area contributed by atoms with Crippen LogP contribution in [0.2, 0.25) is 0 Å². The minimum atomic E-state index is -0.143. The van der Waals surface area contributed by atoms with E-state index in [1.54, 1.807) is 13.2 Å². The number of ether oxygens (including phenoxy) is 1. The molecule has 3 heteroatoms. The largest absolute Gasteiger partial charge is 0.507 e. The van der Waals surface area contributed by atoms with Crippen molar-refractivity contribution in [1.29, 1.82) is 0 Å². The molecule has 0 aliphatic heterocycles.